The Labute approximate surface area is 163 Å². The minimum Gasteiger partial charge on any atom is -0.483 e. The van der Waals surface area contributed by atoms with Crippen LogP contribution in [-0.2, 0) is 12.3 Å². The van der Waals surface area contributed by atoms with E-state index in [1.165, 1.54) is 11.1 Å². The van der Waals surface area contributed by atoms with Gasteiger partial charge in [0.05, 0.1) is 0 Å². The van der Waals surface area contributed by atoms with Crippen LogP contribution in [0.15, 0.2) is 53.7 Å². The summed E-state index contributed by atoms with van der Waals surface area (Å²) in [4.78, 5) is 0. The highest BCUT2D eigenvalue weighted by Crippen LogP contribution is 2.27. The maximum Gasteiger partial charge on any atom is 0.191 e. The Morgan fingerprint density at radius 1 is 1.15 bits per heavy atom. The number of aryl methyl sites for hydroxylation is 1. The number of rotatable bonds is 7. The normalized spacial score (nSPS) is 12.2. The number of hydrogen-bond donors (Lipinski definition) is 0. The standard InChI is InChI=1S/C20H22ClN3OS/c1-4-24-19(15(3)25-18-7-5-6-14(2)12-18)22-23-20(24)26-13-16-8-10-17(21)11-9-16/h5-12,15H,4,13H2,1-3H3. The monoisotopic (exact) mass is 387 g/mol. The Morgan fingerprint density at radius 3 is 2.62 bits per heavy atom. The van der Waals surface area contributed by atoms with Crippen molar-refractivity contribution < 1.29 is 4.74 Å². The first-order chi connectivity index (χ1) is 12.6. The second-order valence-corrected chi connectivity index (χ2v) is 7.46. The molecule has 1 unspecified atom stereocenters. The predicted octanol–water partition coefficient (Wildman–Crippen LogP) is 5.69. The molecule has 0 saturated carbocycles. The molecule has 0 fully saturated rings. The molecule has 0 aliphatic carbocycles. The van der Waals surface area contributed by atoms with Gasteiger partial charge in [-0.15, -0.1) is 10.2 Å². The van der Waals surface area contributed by atoms with Gasteiger partial charge >= 0.3 is 0 Å². The quantitative estimate of drug-likeness (QED) is 0.488. The Kier molecular flexibility index (Phi) is 6.22. The molecular formula is C20H22ClN3OS. The lowest BCUT2D eigenvalue weighted by Crippen LogP contribution is -2.12. The second kappa shape index (κ2) is 8.60. The van der Waals surface area contributed by atoms with Gasteiger partial charge in [0.2, 0.25) is 0 Å². The van der Waals surface area contributed by atoms with Crippen molar-refractivity contribution in [2.24, 2.45) is 0 Å². The first kappa shape index (κ1) is 18.8. The van der Waals surface area contributed by atoms with Gasteiger partial charge in [-0.05, 0) is 56.2 Å². The molecular weight excluding hydrogens is 366 g/mol. The third-order valence-electron chi connectivity index (χ3n) is 4.01. The summed E-state index contributed by atoms with van der Waals surface area (Å²) in [7, 11) is 0. The van der Waals surface area contributed by atoms with Gasteiger partial charge in [-0.3, -0.25) is 0 Å². The zero-order valence-electron chi connectivity index (χ0n) is 15.1. The average molecular weight is 388 g/mol. The molecule has 1 atom stereocenters. The molecule has 3 aromatic rings. The maximum atomic E-state index is 6.07. The number of nitrogens with zero attached hydrogens (tertiary/aromatic N) is 3. The van der Waals surface area contributed by atoms with Gasteiger partial charge in [0.25, 0.3) is 0 Å². The van der Waals surface area contributed by atoms with Crippen molar-refractivity contribution in [3.05, 3.63) is 70.5 Å². The molecule has 4 nitrogen and oxygen atoms in total. The van der Waals surface area contributed by atoms with E-state index >= 15 is 0 Å². The van der Waals surface area contributed by atoms with E-state index in [0.29, 0.717) is 0 Å². The molecule has 0 saturated heterocycles. The van der Waals surface area contributed by atoms with Crippen molar-refractivity contribution in [2.45, 2.75) is 44.3 Å². The number of halogens is 1. The fourth-order valence-electron chi connectivity index (χ4n) is 2.68. The molecule has 0 spiro atoms. The summed E-state index contributed by atoms with van der Waals surface area (Å²) >= 11 is 7.61. The summed E-state index contributed by atoms with van der Waals surface area (Å²) in [5.74, 6) is 2.51. The van der Waals surface area contributed by atoms with Crippen molar-refractivity contribution in [2.75, 3.05) is 0 Å². The topological polar surface area (TPSA) is 39.9 Å². The summed E-state index contributed by atoms with van der Waals surface area (Å²) in [6.45, 7) is 6.95. The van der Waals surface area contributed by atoms with Crippen LogP contribution >= 0.6 is 23.4 Å². The van der Waals surface area contributed by atoms with Gasteiger partial charge in [-0.1, -0.05) is 47.6 Å². The van der Waals surface area contributed by atoms with E-state index in [-0.39, 0.29) is 6.10 Å². The molecule has 136 valence electrons. The first-order valence-electron chi connectivity index (χ1n) is 8.60. The van der Waals surface area contributed by atoms with Crippen LogP contribution in [0, 0.1) is 6.92 Å². The largest absolute Gasteiger partial charge is 0.483 e. The third kappa shape index (κ3) is 4.59. The van der Waals surface area contributed by atoms with Gasteiger partial charge < -0.3 is 9.30 Å². The molecule has 6 heteroatoms. The summed E-state index contributed by atoms with van der Waals surface area (Å²) in [6.07, 6.45) is -0.172. The van der Waals surface area contributed by atoms with Crippen molar-refractivity contribution >= 4 is 23.4 Å². The van der Waals surface area contributed by atoms with E-state index in [4.69, 9.17) is 16.3 Å². The van der Waals surface area contributed by atoms with Gasteiger partial charge in [0.15, 0.2) is 17.1 Å². The summed E-state index contributed by atoms with van der Waals surface area (Å²) in [5, 5.41) is 10.4. The van der Waals surface area contributed by atoms with Gasteiger partial charge in [-0.2, -0.15) is 0 Å². The molecule has 0 aliphatic heterocycles. The van der Waals surface area contributed by atoms with E-state index in [1.54, 1.807) is 11.8 Å². The Morgan fingerprint density at radius 2 is 1.92 bits per heavy atom. The number of thioether (sulfide) groups is 1. The van der Waals surface area contributed by atoms with Gasteiger partial charge in [-0.25, -0.2) is 0 Å². The minimum atomic E-state index is -0.172. The second-order valence-electron chi connectivity index (χ2n) is 6.08. The van der Waals surface area contributed by atoms with E-state index in [0.717, 1.165) is 34.1 Å². The first-order valence-corrected chi connectivity index (χ1v) is 9.97. The molecule has 0 aliphatic rings. The van der Waals surface area contributed by atoms with E-state index in [2.05, 4.69) is 34.7 Å². The van der Waals surface area contributed by atoms with Crippen molar-refractivity contribution in [3.8, 4) is 5.75 Å². The molecule has 26 heavy (non-hydrogen) atoms. The van der Waals surface area contributed by atoms with Crippen molar-refractivity contribution in [1.82, 2.24) is 14.8 Å². The van der Waals surface area contributed by atoms with Crippen LogP contribution in [0.2, 0.25) is 5.02 Å². The molecule has 1 heterocycles. The third-order valence-corrected chi connectivity index (χ3v) is 5.30. The zero-order valence-corrected chi connectivity index (χ0v) is 16.7. The number of ether oxygens (including phenoxy) is 1. The highest BCUT2D eigenvalue weighted by Gasteiger charge is 2.18. The highest BCUT2D eigenvalue weighted by atomic mass is 35.5. The molecule has 1 aromatic heterocycles. The van der Waals surface area contributed by atoms with Crippen LogP contribution in [0.4, 0.5) is 0 Å². The fraction of sp³-hybridized carbons (Fsp3) is 0.300. The van der Waals surface area contributed by atoms with E-state index in [1.807, 2.05) is 49.4 Å². The van der Waals surface area contributed by atoms with Crippen LogP contribution in [0.1, 0.15) is 36.9 Å². The van der Waals surface area contributed by atoms with Crippen LogP contribution in [0.3, 0.4) is 0 Å². The van der Waals surface area contributed by atoms with Crippen LogP contribution < -0.4 is 4.74 Å². The molecule has 3 rings (SSSR count). The Balaban J connectivity index is 1.71. The number of benzene rings is 2. The lowest BCUT2D eigenvalue weighted by Gasteiger charge is -2.16. The minimum absolute atomic E-state index is 0.172. The lowest BCUT2D eigenvalue weighted by molar-refractivity contribution is 0.210. The van der Waals surface area contributed by atoms with E-state index < -0.39 is 0 Å². The maximum absolute atomic E-state index is 6.07. The highest BCUT2D eigenvalue weighted by molar-refractivity contribution is 7.98. The SMILES string of the molecule is CCn1c(SCc2ccc(Cl)cc2)nnc1C(C)Oc1cccc(C)c1. The van der Waals surface area contributed by atoms with Crippen LogP contribution in [-0.4, -0.2) is 14.8 Å². The molecule has 0 amide bonds. The van der Waals surface area contributed by atoms with Crippen LogP contribution in [0.5, 0.6) is 5.75 Å². The summed E-state index contributed by atoms with van der Waals surface area (Å²) in [6, 6.07) is 15.9. The molecule has 0 N–H and O–H groups in total. The number of aromatic nitrogens is 3. The van der Waals surface area contributed by atoms with Gasteiger partial charge in [0, 0.05) is 17.3 Å². The fourth-order valence-corrected chi connectivity index (χ4v) is 3.77. The lowest BCUT2D eigenvalue weighted by atomic mass is 10.2. The molecule has 2 aromatic carbocycles. The number of hydrogen-bond acceptors (Lipinski definition) is 4. The molecule has 0 bridgehead atoms. The van der Waals surface area contributed by atoms with E-state index in [9.17, 15) is 0 Å². The van der Waals surface area contributed by atoms with Crippen LogP contribution in [0.25, 0.3) is 0 Å². The predicted molar refractivity (Wildman–Crippen MR) is 107 cm³/mol. The Bertz CT molecular complexity index is 864. The van der Waals surface area contributed by atoms with Crippen molar-refractivity contribution in [3.63, 3.8) is 0 Å². The summed E-state index contributed by atoms with van der Waals surface area (Å²) in [5.41, 5.74) is 2.38. The van der Waals surface area contributed by atoms with Gasteiger partial charge in [0.1, 0.15) is 5.75 Å². The zero-order chi connectivity index (χ0) is 18.5. The average Bonchev–Trinajstić information content (AvgIpc) is 3.04. The van der Waals surface area contributed by atoms with Crippen molar-refractivity contribution in [1.29, 1.82) is 0 Å². The Hall–Kier alpha value is -1.98. The molecule has 0 radical (unpaired) electrons. The summed E-state index contributed by atoms with van der Waals surface area (Å²) < 4.78 is 8.18. The smallest absolute Gasteiger partial charge is 0.191 e.